The van der Waals surface area contributed by atoms with E-state index >= 15 is 0 Å². The van der Waals surface area contributed by atoms with Gasteiger partial charge >= 0.3 is 0 Å². The number of nitrogens with zero attached hydrogens (tertiary/aromatic N) is 1. The second-order valence-corrected chi connectivity index (χ2v) is 9.74. The van der Waals surface area contributed by atoms with Gasteiger partial charge in [-0.1, -0.05) is 90.3 Å². The van der Waals surface area contributed by atoms with Gasteiger partial charge in [0.25, 0.3) is 5.91 Å². The Morgan fingerprint density at radius 2 is 1.67 bits per heavy atom. The number of carbonyl (C=O) groups excluding carboxylic acids is 2. The molecule has 0 aliphatic carbocycles. The van der Waals surface area contributed by atoms with Gasteiger partial charge in [0, 0.05) is 24.0 Å². The summed E-state index contributed by atoms with van der Waals surface area (Å²) in [4.78, 5) is 28.7. The maximum absolute atomic E-state index is 13.6. The lowest BCUT2D eigenvalue weighted by atomic mass is 10.0. The Morgan fingerprint density at radius 1 is 0.972 bits per heavy atom. The monoisotopic (exact) mass is 526 g/mol. The Balaban J connectivity index is 1.91. The van der Waals surface area contributed by atoms with Crippen molar-refractivity contribution in [2.75, 3.05) is 6.61 Å². The molecule has 5 nitrogen and oxygen atoms in total. The van der Waals surface area contributed by atoms with Crippen molar-refractivity contribution < 1.29 is 14.3 Å². The van der Waals surface area contributed by atoms with E-state index in [2.05, 4.69) is 5.32 Å². The number of aryl methyl sites for hydroxylation is 1. The maximum Gasteiger partial charge on any atom is 0.261 e. The normalized spacial score (nSPS) is 12.5. The molecule has 2 unspecified atom stereocenters. The summed E-state index contributed by atoms with van der Waals surface area (Å²) in [6.07, 6.45) is 1.16. The number of nitrogens with one attached hydrogen (secondary N) is 1. The molecule has 0 spiro atoms. The summed E-state index contributed by atoms with van der Waals surface area (Å²) in [5.41, 5.74) is 3.01. The van der Waals surface area contributed by atoms with E-state index in [1.807, 2.05) is 75.4 Å². The van der Waals surface area contributed by atoms with Crippen LogP contribution in [0.5, 0.6) is 5.75 Å². The molecule has 0 aliphatic heterocycles. The van der Waals surface area contributed by atoms with Gasteiger partial charge in [-0.25, -0.2) is 0 Å². The zero-order chi connectivity index (χ0) is 26.1. The molecule has 3 aromatic carbocycles. The molecule has 36 heavy (non-hydrogen) atoms. The standard InChI is InChI=1S/C29H32Cl2N2O3/c1-4-21(3)32-29(35)26(16-22-8-6-5-7-9-22)33(18-23-12-10-20(2)11-13-23)28(34)19-36-27-15-14-24(30)17-25(27)31/h5-15,17,21,26H,4,16,18-19H2,1-3H3,(H,32,35). The first kappa shape index (κ1) is 27.6. The lowest BCUT2D eigenvalue weighted by Crippen LogP contribution is -2.53. The number of carbonyl (C=O) groups is 2. The summed E-state index contributed by atoms with van der Waals surface area (Å²) in [7, 11) is 0. The van der Waals surface area contributed by atoms with Crippen molar-refractivity contribution in [3.05, 3.63) is 99.5 Å². The molecule has 0 aliphatic rings. The zero-order valence-electron chi connectivity index (χ0n) is 20.8. The van der Waals surface area contributed by atoms with Gasteiger partial charge in [0.2, 0.25) is 5.91 Å². The minimum absolute atomic E-state index is 0.0174. The van der Waals surface area contributed by atoms with Gasteiger partial charge < -0.3 is 15.0 Å². The third kappa shape index (κ3) is 8.00. The minimum Gasteiger partial charge on any atom is -0.482 e. The van der Waals surface area contributed by atoms with E-state index in [9.17, 15) is 9.59 Å². The van der Waals surface area contributed by atoms with Crippen molar-refractivity contribution in [3.8, 4) is 5.75 Å². The molecule has 3 rings (SSSR count). The summed E-state index contributed by atoms with van der Waals surface area (Å²) in [6, 6.07) is 21.7. The molecular formula is C29H32Cl2N2O3. The quantitative estimate of drug-likeness (QED) is 0.322. The van der Waals surface area contributed by atoms with Crippen molar-refractivity contribution in [2.45, 2.75) is 52.2 Å². The van der Waals surface area contributed by atoms with Crippen molar-refractivity contribution in [1.82, 2.24) is 10.2 Å². The lowest BCUT2D eigenvalue weighted by Gasteiger charge is -2.32. The third-order valence-electron chi connectivity index (χ3n) is 5.99. The topological polar surface area (TPSA) is 58.6 Å². The van der Waals surface area contributed by atoms with Crippen LogP contribution >= 0.6 is 23.2 Å². The minimum atomic E-state index is -0.723. The Bertz CT molecular complexity index is 1150. The van der Waals surface area contributed by atoms with Gasteiger partial charge in [0.1, 0.15) is 11.8 Å². The van der Waals surface area contributed by atoms with E-state index in [1.165, 1.54) is 0 Å². The number of amides is 2. The molecule has 2 amide bonds. The van der Waals surface area contributed by atoms with Crippen LogP contribution in [0.2, 0.25) is 10.0 Å². The van der Waals surface area contributed by atoms with Gasteiger partial charge in [0.15, 0.2) is 6.61 Å². The molecule has 3 aromatic rings. The Morgan fingerprint density at radius 3 is 2.31 bits per heavy atom. The fraction of sp³-hybridized carbons (Fsp3) is 0.310. The second-order valence-electron chi connectivity index (χ2n) is 8.89. The summed E-state index contributed by atoms with van der Waals surface area (Å²) >= 11 is 12.2. The van der Waals surface area contributed by atoms with E-state index in [0.29, 0.717) is 22.2 Å². The van der Waals surface area contributed by atoms with Crippen LogP contribution in [0.4, 0.5) is 0 Å². The molecule has 0 saturated heterocycles. The van der Waals surface area contributed by atoms with Gasteiger partial charge in [-0.3, -0.25) is 9.59 Å². The number of rotatable bonds is 11. The number of hydrogen-bond acceptors (Lipinski definition) is 3. The Kier molecular flexibility index (Phi) is 10.2. The number of halogens is 2. The predicted molar refractivity (Wildman–Crippen MR) is 146 cm³/mol. The highest BCUT2D eigenvalue weighted by atomic mass is 35.5. The molecule has 0 heterocycles. The molecule has 190 valence electrons. The van der Waals surface area contributed by atoms with Crippen LogP contribution in [0.25, 0.3) is 0 Å². The third-order valence-corrected chi connectivity index (χ3v) is 6.52. The highest BCUT2D eigenvalue weighted by molar-refractivity contribution is 6.35. The maximum atomic E-state index is 13.6. The van der Waals surface area contributed by atoms with Crippen LogP contribution in [0.3, 0.4) is 0 Å². The highest BCUT2D eigenvalue weighted by Crippen LogP contribution is 2.27. The zero-order valence-corrected chi connectivity index (χ0v) is 22.4. The summed E-state index contributed by atoms with van der Waals surface area (Å²) < 4.78 is 5.76. The van der Waals surface area contributed by atoms with Crippen LogP contribution in [-0.2, 0) is 22.6 Å². The van der Waals surface area contributed by atoms with Crippen LogP contribution in [0, 0.1) is 6.92 Å². The molecule has 1 N–H and O–H groups in total. The first-order chi connectivity index (χ1) is 17.3. The molecule has 0 radical (unpaired) electrons. The van der Waals surface area contributed by atoms with Gasteiger partial charge in [-0.2, -0.15) is 0 Å². The van der Waals surface area contributed by atoms with Gasteiger partial charge in [0.05, 0.1) is 5.02 Å². The molecule has 0 bridgehead atoms. The van der Waals surface area contributed by atoms with E-state index in [1.54, 1.807) is 23.1 Å². The smallest absolute Gasteiger partial charge is 0.261 e. The van der Waals surface area contributed by atoms with Crippen LogP contribution in [0.15, 0.2) is 72.8 Å². The summed E-state index contributed by atoms with van der Waals surface area (Å²) in [6.45, 7) is 5.97. The van der Waals surface area contributed by atoms with Crippen molar-refractivity contribution in [3.63, 3.8) is 0 Å². The Labute approximate surface area is 223 Å². The summed E-state index contributed by atoms with van der Waals surface area (Å²) in [5.74, 6) is -0.159. The summed E-state index contributed by atoms with van der Waals surface area (Å²) in [5, 5.41) is 3.85. The highest BCUT2D eigenvalue weighted by Gasteiger charge is 2.31. The van der Waals surface area contributed by atoms with Crippen molar-refractivity contribution in [2.24, 2.45) is 0 Å². The molecule has 7 heteroatoms. The SMILES string of the molecule is CCC(C)NC(=O)C(Cc1ccccc1)N(Cc1ccc(C)cc1)C(=O)COc1ccc(Cl)cc1Cl. The second kappa shape index (κ2) is 13.3. The molecular weight excluding hydrogens is 495 g/mol. The Hall–Kier alpha value is -3.02. The number of hydrogen-bond donors (Lipinski definition) is 1. The van der Waals surface area contributed by atoms with E-state index in [0.717, 1.165) is 23.1 Å². The molecule has 0 aromatic heterocycles. The van der Waals surface area contributed by atoms with E-state index < -0.39 is 6.04 Å². The molecule has 2 atom stereocenters. The van der Waals surface area contributed by atoms with Gasteiger partial charge in [-0.15, -0.1) is 0 Å². The average Bonchev–Trinajstić information content (AvgIpc) is 2.87. The van der Waals surface area contributed by atoms with Gasteiger partial charge in [-0.05, 0) is 49.6 Å². The predicted octanol–water partition coefficient (Wildman–Crippen LogP) is 6.24. The average molecular weight is 527 g/mol. The van der Waals surface area contributed by atoms with E-state index in [4.69, 9.17) is 27.9 Å². The number of ether oxygens (including phenoxy) is 1. The first-order valence-corrected chi connectivity index (χ1v) is 12.8. The molecule has 0 saturated carbocycles. The van der Waals surface area contributed by atoms with E-state index in [-0.39, 0.29) is 31.0 Å². The lowest BCUT2D eigenvalue weighted by molar-refractivity contribution is -0.143. The van der Waals surface area contributed by atoms with Crippen LogP contribution < -0.4 is 10.1 Å². The fourth-order valence-electron chi connectivity index (χ4n) is 3.70. The molecule has 0 fully saturated rings. The van der Waals surface area contributed by atoms with Crippen LogP contribution in [0.1, 0.15) is 37.0 Å². The number of benzene rings is 3. The van der Waals surface area contributed by atoms with Crippen molar-refractivity contribution in [1.29, 1.82) is 0 Å². The van der Waals surface area contributed by atoms with Crippen LogP contribution in [-0.4, -0.2) is 35.4 Å². The first-order valence-electron chi connectivity index (χ1n) is 12.0. The largest absolute Gasteiger partial charge is 0.482 e. The fourth-order valence-corrected chi connectivity index (χ4v) is 4.16. The van der Waals surface area contributed by atoms with Crippen molar-refractivity contribution >= 4 is 35.0 Å².